The number of rotatable bonds is 8. The van der Waals surface area contributed by atoms with Gasteiger partial charge in [-0.05, 0) is 12.3 Å². The van der Waals surface area contributed by atoms with Gasteiger partial charge in [0.25, 0.3) is 0 Å². The fraction of sp³-hybridized carbons (Fsp3) is 0.857. The molecule has 1 unspecified atom stereocenters. The van der Waals surface area contributed by atoms with Crippen molar-refractivity contribution >= 4 is 11.8 Å². The number of methoxy groups -OCH3 is 1. The fourth-order valence-corrected chi connectivity index (χ4v) is 2.13. The highest BCUT2D eigenvalue weighted by Gasteiger charge is 2.31. The number of hydrogen-bond acceptors (Lipinski definition) is 4. The molecule has 0 aromatic carbocycles. The summed E-state index contributed by atoms with van der Waals surface area (Å²) in [6, 6.07) is -0.403. The maximum atomic E-state index is 12.3. The first kappa shape index (κ1) is 16.9. The molecule has 0 radical (unpaired) electrons. The van der Waals surface area contributed by atoms with Crippen molar-refractivity contribution in [1.29, 1.82) is 0 Å². The van der Waals surface area contributed by atoms with Gasteiger partial charge in [-0.1, -0.05) is 13.8 Å². The third kappa shape index (κ3) is 5.46. The van der Waals surface area contributed by atoms with Crippen molar-refractivity contribution in [1.82, 2.24) is 10.2 Å². The van der Waals surface area contributed by atoms with E-state index in [1.54, 1.807) is 12.0 Å². The minimum Gasteiger partial charge on any atom is -0.382 e. The Labute approximate surface area is 120 Å². The van der Waals surface area contributed by atoms with E-state index in [1.165, 1.54) is 0 Å². The van der Waals surface area contributed by atoms with Crippen LogP contribution in [-0.2, 0) is 19.1 Å². The first-order valence-electron chi connectivity index (χ1n) is 7.21. The summed E-state index contributed by atoms with van der Waals surface area (Å²) < 4.78 is 10.3. The highest BCUT2D eigenvalue weighted by Crippen LogP contribution is 2.11. The minimum absolute atomic E-state index is 0.0164. The van der Waals surface area contributed by atoms with E-state index in [4.69, 9.17) is 9.47 Å². The van der Waals surface area contributed by atoms with Gasteiger partial charge in [-0.3, -0.25) is 9.59 Å². The van der Waals surface area contributed by atoms with Crippen LogP contribution in [0.3, 0.4) is 0 Å². The van der Waals surface area contributed by atoms with Crippen LogP contribution in [0, 0.1) is 5.92 Å². The van der Waals surface area contributed by atoms with Crippen LogP contribution in [0.5, 0.6) is 0 Å². The number of amides is 2. The molecule has 6 heteroatoms. The molecule has 1 aliphatic heterocycles. The lowest BCUT2D eigenvalue weighted by molar-refractivity contribution is -0.134. The molecule has 1 aliphatic rings. The van der Waals surface area contributed by atoms with Gasteiger partial charge in [0.1, 0.15) is 6.04 Å². The second-order valence-corrected chi connectivity index (χ2v) is 5.32. The molecular formula is C14H26N2O4. The van der Waals surface area contributed by atoms with Crippen molar-refractivity contribution < 1.29 is 19.1 Å². The highest BCUT2D eigenvalue weighted by atomic mass is 16.5. The number of carbonyl (C=O) groups excluding carboxylic acids is 2. The predicted octanol–water partition coefficient (Wildman–Crippen LogP) is 0.413. The molecule has 0 bridgehead atoms. The van der Waals surface area contributed by atoms with Gasteiger partial charge in [0.15, 0.2) is 0 Å². The van der Waals surface area contributed by atoms with Gasteiger partial charge in [-0.25, -0.2) is 0 Å². The minimum atomic E-state index is -0.403. The molecular weight excluding hydrogens is 260 g/mol. The maximum Gasteiger partial charge on any atom is 0.245 e. The van der Waals surface area contributed by atoms with Gasteiger partial charge in [0, 0.05) is 33.2 Å². The molecule has 1 N–H and O–H groups in total. The molecule has 1 heterocycles. The second-order valence-electron chi connectivity index (χ2n) is 5.32. The van der Waals surface area contributed by atoms with Gasteiger partial charge in [0.2, 0.25) is 11.8 Å². The lowest BCUT2D eigenvalue weighted by Crippen LogP contribution is -2.48. The third-order valence-corrected chi connectivity index (χ3v) is 3.32. The van der Waals surface area contributed by atoms with Crippen molar-refractivity contribution in [2.75, 3.05) is 40.0 Å². The summed E-state index contributed by atoms with van der Waals surface area (Å²) in [5, 5.41) is 2.80. The van der Waals surface area contributed by atoms with Crippen LogP contribution in [0.1, 0.15) is 26.7 Å². The molecule has 1 fully saturated rings. The summed E-state index contributed by atoms with van der Waals surface area (Å²) in [5.41, 5.74) is 0. The fourth-order valence-electron chi connectivity index (χ4n) is 2.13. The average molecular weight is 286 g/mol. The molecule has 1 saturated heterocycles. The topological polar surface area (TPSA) is 67.9 Å². The lowest BCUT2D eigenvalue weighted by Gasteiger charge is -2.26. The second kappa shape index (κ2) is 8.92. The van der Waals surface area contributed by atoms with Gasteiger partial charge < -0.3 is 19.7 Å². The number of nitrogens with zero attached hydrogens (tertiary/aromatic N) is 1. The van der Waals surface area contributed by atoms with Crippen LogP contribution in [-0.4, -0.2) is 62.8 Å². The van der Waals surface area contributed by atoms with Crippen LogP contribution in [0.4, 0.5) is 0 Å². The van der Waals surface area contributed by atoms with Crippen LogP contribution in [0.15, 0.2) is 0 Å². The molecule has 0 aromatic rings. The standard InChI is InChI=1S/C14H26N2O4/c1-11(2)13-14(18)16(7-5-12(17)15-13)6-4-8-20-10-9-19-3/h11,13H,4-10H2,1-3H3,(H,15,17). The van der Waals surface area contributed by atoms with E-state index in [1.807, 2.05) is 13.8 Å². The Bertz CT molecular complexity index is 320. The molecule has 6 nitrogen and oxygen atoms in total. The Balaban J connectivity index is 2.39. The smallest absolute Gasteiger partial charge is 0.245 e. The van der Waals surface area contributed by atoms with Gasteiger partial charge >= 0.3 is 0 Å². The summed E-state index contributed by atoms with van der Waals surface area (Å²) >= 11 is 0. The zero-order chi connectivity index (χ0) is 15.0. The Morgan fingerprint density at radius 1 is 1.30 bits per heavy atom. The number of hydrogen-bond donors (Lipinski definition) is 1. The predicted molar refractivity (Wildman–Crippen MR) is 75.3 cm³/mol. The van der Waals surface area contributed by atoms with Crippen LogP contribution < -0.4 is 5.32 Å². The molecule has 0 spiro atoms. The summed E-state index contributed by atoms with van der Waals surface area (Å²) in [5.74, 6) is 0.0728. The van der Waals surface area contributed by atoms with Crippen molar-refractivity contribution in [3.63, 3.8) is 0 Å². The van der Waals surface area contributed by atoms with E-state index in [0.717, 1.165) is 6.42 Å². The average Bonchev–Trinajstić information content (AvgIpc) is 2.55. The zero-order valence-corrected chi connectivity index (χ0v) is 12.7. The Morgan fingerprint density at radius 3 is 2.70 bits per heavy atom. The number of nitrogens with one attached hydrogen (secondary N) is 1. The monoisotopic (exact) mass is 286 g/mol. The Hall–Kier alpha value is -1.14. The van der Waals surface area contributed by atoms with Gasteiger partial charge in [-0.15, -0.1) is 0 Å². The van der Waals surface area contributed by atoms with Gasteiger partial charge in [0.05, 0.1) is 13.2 Å². The van der Waals surface area contributed by atoms with E-state index < -0.39 is 6.04 Å². The molecule has 116 valence electrons. The van der Waals surface area contributed by atoms with E-state index >= 15 is 0 Å². The first-order valence-corrected chi connectivity index (χ1v) is 7.21. The molecule has 20 heavy (non-hydrogen) atoms. The van der Waals surface area contributed by atoms with E-state index in [-0.39, 0.29) is 17.7 Å². The summed E-state index contributed by atoms with van der Waals surface area (Å²) in [6.07, 6.45) is 1.15. The van der Waals surface area contributed by atoms with E-state index in [0.29, 0.717) is 39.3 Å². The molecule has 0 saturated carbocycles. The van der Waals surface area contributed by atoms with Gasteiger partial charge in [-0.2, -0.15) is 0 Å². The summed E-state index contributed by atoms with van der Waals surface area (Å²) in [7, 11) is 1.63. The maximum absolute atomic E-state index is 12.3. The first-order chi connectivity index (χ1) is 9.56. The Kier molecular flexibility index (Phi) is 7.54. The lowest BCUT2D eigenvalue weighted by atomic mass is 10.0. The number of ether oxygens (including phenoxy) is 2. The largest absolute Gasteiger partial charge is 0.382 e. The normalized spacial score (nSPS) is 20.2. The summed E-state index contributed by atoms with van der Waals surface area (Å²) in [4.78, 5) is 25.7. The van der Waals surface area contributed by atoms with Crippen molar-refractivity contribution in [3.8, 4) is 0 Å². The molecule has 2 amide bonds. The zero-order valence-electron chi connectivity index (χ0n) is 12.7. The third-order valence-electron chi connectivity index (χ3n) is 3.32. The highest BCUT2D eigenvalue weighted by molar-refractivity contribution is 5.90. The van der Waals surface area contributed by atoms with Crippen molar-refractivity contribution in [3.05, 3.63) is 0 Å². The van der Waals surface area contributed by atoms with Crippen LogP contribution in [0.25, 0.3) is 0 Å². The Morgan fingerprint density at radius 2 is 2.05 bits per heavy atom. The van der Waals surface area contributed by atoms with Crippen molar-refractivity contribution in [2.24, 2.45) is 5.92 Å². The molecule has 0 aromatic heterocycles. The van der Waals surface area contributed by atoms with E-state index in [2.05, 4.69) is 5.32 Å². The SMILES string of the molecule is COCCOCCCN1CCC(=O)NC(C(C)C)C1=O. The van der Waals surface area contributed by atoms with Crippen molar-refractivity contribution in [2.45, 2.75) is 32.7 Å². The molecule has 1 atom stereocenters. The van der Waals surface area contributed by atoms with Crippen LogP contribution in [0.2, 0.25) is 0 Å². The quantitative estimate of drug-likeness (QED) is 0.656. The van der Waals surface area contributed by atoms with Crippen LogP contribution >= 0.6 is 0 Å². The molecule has 0 aliphatic carbocycles. The number of carbonyl (C=O) groups is 2. The summed E-state index contributed by atoms with van der Waals surface area (Å²) in [6.45, 7) is 6.76. The van der Waals surface area contributed by atoms with E-state index in [9.17, 15) is 9.59 Å². The molecule has 1 rings (SSSR count).